The molecule has 0 heterocycles. The Balaban J connectivity index is 1.85. The van der Waals surface area contributed by atoms with Crippen LogP contribution in [0, 0.1) is 17.8 Å². The van der Waals surface area contributed by atoms with Crippen LogP contribution in [0.15, 0.2) is 11.6 Å². The minimum Gasteiger partial charge on any atom is -0.299 e. The number of fused-ring (bicyclic) bond motifs is 2. The van der Waals surface area contributed by atoms with Gasteiger partial charge in [0.15, 0.2) is 0 Å². The van der Waals surface area contributed by atoms with Gasteiger partial charge in [0.2, 0.25) is 0 Å². The maximum atomic E-state index is 12.0. The molecule has 1 fully saturated rings. The van der Waals surface area contributed by atoms with Crippen LogP contribution in [-0.2, 0) is 4.79 Å². The van der Waals surface area contributed by atoms with Crippen molar-refractivity contribution in [2.45, 2.75) is 52.4 Å². The number of rotatable bonds is 5. The molecule has 15 heavy (non-hydrogen) atoms. The quantitative estimate of drug-likeness (QED) is 0.494. The van der Waals surface area contributed by atoms with Crippen molar-refractivity contribution in [2.24, 2.45) is 17.8 Å². The Labute approximate surface area is 92.9 Å². The van der Waals surface area contributed by atoms with E-state index in [1.165, 1.54) is 24.8 Å². The highest BCUT2D eigenvalue weighted by Gasteiger charge is 2.41. The van der Waals surface area contributed by atoms with Crippen molar-refractivity contribution in [1.29, 1.82) is 0 Å². The molecule has 0 aromatic carbocycles. The van der Waals surface area contributed by atoms with Crippen molar-refractivity contribution >= 4 is 5.78 Å². The average Bonchev–Trinajstić information content (AvgIpc) is 2.76. The van der Waals surface area contributed by atoms with Gasteiger partial charge in [-0.3, -0.25) is 4.79 Å². The second-order valence-corrected chi connectivity index (χ2v) is 5.28. The lowest BCUT2D eigenvalue weighted by atomic mass is 9.83. The fraction of sp³-hybridized carbons (Fsp3) is 0.786. The maximum Gasteiger partial charge on any atom is 0.136 e. The van der Waals surface area contributed by atoms with Gasteiger partial charge >= 0.3 is 0 Å². The van der Waals surface area contributed by atoms with Crippen LogP contribution in [0.4, 0.5) is 0 Å². The lowest BCUT2D eigenvalue weighted by Gasteiger charge is -2.20. The predicted molar refractivity (Wildman–Crippen MR) is 62.6 cm³/mol. The number of unbranched alkanes of at least 4 members (excludes halogenated alkanes) is 2. The molecule has 2 bridgehead atoms. The summed E-state index contributed by atoms with van der Waals surface area (Å²) in [5, 5.41) is 0. The van der Waals surface area contributed by atoms with Crippen LogP contribution in [0.3, 0.4) is 0 Å². The van der Waals surface area contributed by atoms with E-state index in [1.807, 2.05) is 0 Å². The van der Waals surface area contributed by atoms with Crippen molar-refractivity contribution in [3.63, 3.8) is 0 Å². The molecule has 84 valence electrons. The van der Waals surface area contributed by atoms with E-state index in [0.717, 1.165) is 25.2 Å². The summed E-state index contributed by atoms with van der Waals surface area (Å²) in [6, 6.07) is 0. The molecule has 0 radical (unpaired) electrons. The highest BCUT2D eigenvalue weighted by Crippen LogP contribution is 2.48. The van der Waals surface area contributed by atoms with E-state index < -0.39 is 0 Å². The molecule has 0 amide bonds. The summed E-state index contributed by atoms with van der Waals surface area (Å²) in [7, 11) is 0. The molecule has 1 heteroatoms. The van der Waals surface area contributed by atoms with Crippen LogP contribution in [0.5, 0.6) is 0 Å². The molecule has 0 aromatic rings. The Morgan fingerprint density at radius 2 is 2.20 bits per heavy atom. The summed E-state index contributed by atoms with van der Waals surface area (Å²) in [5.74, 6) is 2.28. The number of Topliss-reactive ketones (excluding diaryl/α,β-unsaturated/α-hetero) is 1. The number of carbonyl (C=O) groups excluding carboxylic acids is 1. The Kier molecular flexibility index (Phi) is 3.28. The lowest BCUT2D eigenvalue weighted by molar-refractivity contribution is -0.123. The van der Waals surface area contributed by atoms with E-state index >= 15 is 0 Å². The highest BCUT2D eigenvalue weighted by molar-refractivity contribution is 5.82. The normalized spacial score (nSPS) is 33.2. The lowest BCUT2D eigenvalue weighted by Crippen LogP contribution is -2.20. The van der Waals surface area contributed by atoms with Crippen LogP contribution in [0.2, 0.25) is 0 Å². The number of ketones is 1. The van der Waals surface area contributed by atoms with E-state index in [-0.39, 0.29) is 0 Å². The first-order valence-corrected chi connectivity index (χ1v) is 6.43. The zero-order valence-corrected chi connectivity index (χ0v) is 9.96. The number of allylic oxidation sites excluding steroid dienone is 2. The Morgan fingerprint density at radius 1 is 1.40 bits per heavy atom. The van der Waals surface area contributed by atoms with Gasteiger partial charge in [0.05, 0.1) is 0 Å². The smallest absolute Gasteiger partial charge is 0.136 e. The molecule has 0 spiro atoms. The van der Waals surface area contributed by atoms with Crippen LogP contribution in [0.25, 0.3) is 0 Å². The molecule has 2 aliphatic carbocycles. The second-order valence-electron chi connectivity index (χ2n) is 5.28. The first-order chi connectivity index (χ1) is 7.22. The molecule has 0 aliphatic heterocycles. The molecule has 0 saturated heterocycles. The zero-order chi connectivity index (χ0) is 10.8. The number of hydrogen-bond donors (Lipinski definition) is 0. The molecule has 3 atom stereocenters. The van der Waals surface area contributed by atoms with Crippen molar-refractivity contribution in [3.8, 4) is 0 Å². The topological polar surface area (TPSA) is 17.1 Å². The van der Waals surface area contributed by atoms with Crippen LogP contribution >= 0.6 is 0 Å². The highest BCUT2D eigenvalue weighted by atomic mass is 16.1. The van der Waals surface area contributed by atoms with Crippen molar-refractivity contribution < 1.29 is 4.79 Å². The van der Waals surface area contributed by atoms with Gasteiger partial charge in [-0.2, -0.15) is 0 Å². The van der Waals surface area contributed by atoms with Crippen LogP contribution in [0.1, 0.15) is 52.4 Å². The molecule has 1 nitrogen and oxygen atoms in total. The van der Waals surface area contributed by atoms with Crippen molar-refractivity contribution in [3.05, 3.63) is 11.6 Å². The minimum atomic E-state index is 0.386. The van der Waals surface area contributed by atoms with Gasteiger partial charge in [-0.1, -0.05) is 31.4 Å². The summed E-state index contributed by atoms with van der Waals surface area (Å²) in [4.78, 5) is 12.0. The third kappa shape index (κ3) is 2.16. The molecule has 1 saturated carbocycles. The minimum absolute atomic E-state index is 0.386. The van der Waals surface area contributed by atoms with E-state index in [2.05, 4.69) is 19.9 Å². The summed E-state index contributed by atoms with van der Waals surface area (Å²) >= 11 is 0. The fourth-order valence-corrected chi connectivity index (χ4v) is 3.30. The Morgan fingerprint density at radius 3 is 2.80 bits per heavy atom. The van der Waals surface area contributed by atoms with Crippen molar-refractivity contribution in [2.75, 3.05) is 0 Å². The summed E-state index contributed by atoms with van der Waals surface area (Å²) < 4.78 is 0. The number of carbonyl (C=O) groups is 1. The van der Waals surface area contributed by atoms with Gasteiger partial charge in [-0.05, 0) is 38.0 Å². The van der Waals surface area contributed by atoms with Crippen molar-refractivity contribution in [1.82, 2.24) is 0 Å². The van der Waals surface area contributed by atoms with Gasteiger partial charge in [0.1, 0.15) is 5.78 Å². The molecule has 2 aliphatic rings. The molecule has 2 rings (SSSR count). The van der Waals surface area contributed by atoms with E-state index in [4.69, 9.17) is 0 Å². The van der Waals surface area contributed by atoms with E-state index in [9.17, 15) is 4.79 Å². The molecular formula is C14H22O. The molecule has 0 aromatic heterocycles. The first kappa shape index (κ1) is 10.9. The monoisotopic (exact) mass is 206 g/mol. The number of hydrogen-bond acceptors (Lipinski definition) is 1. The van der Waals surface area contributed by atoms with Gasteiger partial charge in [0, 0.05) is 12.3 Å². The van der Waals surface area contributed by atoms with E-state index in [1.54, 1.807) is 0 Å². The first-order valence-electron chi connectivity index (χ1n) is 6.43. The Hall–Kier alpha value is -0.590. The Bertz CT molecular complexity index is 277. The van der Waals surface area contributed by atoms with Gasteiger partial charge in [0.25, 0.3) is 0 Å². The average molecular weight is 206 g/mol. The van der Waals surface area contributed by atoms with Gasteiger partial charge < -0.3 is 0 Å². The third-order valence-electron chi connectivity index (χ3n) is 4.12. The third-order valence-corrected chi connectivity index (χ3v) is 4.12. The summed E-state index contributed by atoms with van der Waals surface area (Å²) in [6.45, 7) is 4.39. The van der Waals surface area contributed by atoms with Gasteiger partial charge in [-0.15, -0.1) is 0 Å². The molecular weight excluding hydrogens is 184 g/mol. The zero-order valence-electron chi connectivity index (χ0n) is 9.96. The summed E-state index contributed by atoms with van der Waals surface area (Å²) in [5.41, 5.74) is 1.49. The van der Waals surface area contributed by atoms with E-state index in [0.29, 0.717) is 17.6 Å². The predicted octanol–water partition coefficient (Wildman–Crippen LogP) is 3.74. The molecule has 0 unspecified atom stereocenters. The maximum absolute atomic E-state index is 12.0. The van der Waals surface area contributed by atoms with Gasteiger partial charge in [-0.25, -0.2) is 0 Å². The van der Waals surface area contributed by atoms with Crippen LogP contribution < -0.4 is 0 Å². The second kappa shape index (κ2) is 4.51. The van der Waals surface area contributed by atoms with Crippen LogP contribution in [-0.4, -0.2) is 5.78 Å². The standard InChI is InChI=1S/C14H22O/c1-3-4-5-6-14(15)13-9-11-7-10(2)12(13)8-11/h7,11-13H,3-6,8-9H2,1-2H3/t11-,12-,13-/m1/s1. The largest absolute Gasteiger partial charge is 0.299 e. The SMILES string of the molecule is CCCCCC(=O)[C@@H]1C[C@@H]2C=C(C)[C@H]1C2. The molecule has 0 N–H and O–H groups in total. The fourth-order valence-electron chi connectivity index (χ4n) is 3.30. The summed E-state index contributed by atoms with van der Waals surface area (Å²) in [6.07, 6.45) is 9.15.